The highest BCUT2D eigenvalue weighted by atomic mass is 35.5. The molecule has 110 valence electrons. The fraction of sp³-hybridized carbons (Fsp3) is 0.462. The van der Waals surface area contributed by atoms with E-state index < -0.39 is 12.0 Å². The van der Waals surface area contributed by atoms with E-state index in [4.69, 9.17) is 16.3 Å². The molecule has 1 aromatic rings. The average Bonchev–Trinajstić information content (AvgIpc) is 2.47. The third kappa shape index (κ3) is 3.80. The quantitative estimate of drug-likeness (QED) is 0.802. The Kier molecular flexibility index (Phi) is 5.14. The third-order valence-electron chi connectivity index (χ3n) is 2.94. The normalized spacial score (nSPS) is 17.1. The molecule has 1 atom stereocenters. The second-order valence-electron chi connectivity index (χ2n) is 4.25. The highest BCUT2D eigenvalue weighted by Gasteiger charge is 2.25. The molecule has 1 heterocycles. The monoisotopic (exact) mass is 305 g/mol. The minimum absolute atomic E-state index is 0.0337. The molecule has 7 heteroatoms. The van der Waals surface area contributed by atoms with Crippen LogP contribution in [0.25, 0.3) is 0 Å². The fourth-order valence-electron chi connectivity index (χ4n) is 1.90. The van der Waals surface area contributed by atoms with Gasteiger partial charge < -0.3 is 14.4 Å². The van der Waals surface area contributed by atoms with Gasteiger partial charge in [-0.05, 0) is 17.7 Å². The maximum Gasteiger partial charge on any atom is 0.387 e. The maximum absolute atomic E-state index is 12.1. The first kappa shape index (κ1) is 15.0. The first-order valence-corrected chi connectivity index (χ1v) is 6.57. The molecule has 0 radical (unpaired) electrons. The van der Waals surface area contributed by atoms with E-state index in [1.54, 1.807) is 4.90 Å². The van der Waals surface area contributed by atoms with E-state index in [1.165, 1.54) is 24.3 Å². The number of ether oxygens (including phenoxy) is 2. The highest BCUT2D eigenvalue weighted by Crippen LogP contribution is 2.26. The van der Waals surface area contributed by atoms with Crippen molar-refractivity contribution in [1.82, 2.24) is 4.90 Å². The number of benzene rings is 1. The van der Waals surface area contributed by atoms with Gasteiger partial charge in [-0.15, -0.1) is 11.6 Å². The summed E-state index contributed by atoms with van der Waals surface area (Å²) in [5.41, 5.74) is 0.546. The lowest BCUT2D eigenvalue weighted by molar-refractivity contribution is -0.134. The zero-order valence-corrected chi connectivity index (χ0v) is 11.4. The number of hydrogen-bond acceptors (Lipinski definition) is 3. The van der Waals surface area contributed by atoms with E-state index >= 15 is 0 Å². The van der Waals surface area contributed by atoms with Crippen LogP contribution in [0.1, 0.15) is 10.9 Å². The second-order valence-corrected chi connectivity index (χ2v) is 4.68. The van der Waals surface area contributed by atoms with Gasteiger partial charge in [0, 0.05) is 13.1 Å². The third-order valence-corrected chi connectivity index (χ3v) is 3.38. The van der Waals surface area contributed by atoms with Crippen molar-refractivity contribution in [1.29, 1.82) is 0 Å². The number of hydrogen-bond donors (Lipinski definition) is 0. The van der Waals surface area contributed by atoms with Gasteiger partial charge in [-0.3, -0.25) is 4.79 Å². The molecule has 0 saturated carbocycles. The number of alkyl halides is 3. The van der Waals surface area contributed by atoms with Crippen molar-refractivity contribution in [2.75, 3.05) is 26.3 Å². The Morgan fingerprint density at radius 3 is 2.40 bits per heavy atom. The minimum atomic E-state index is -2.87. The van der Waals surface area contributed by atoms with Crippen LogP contribution in [0, 0.1) is 0 Å². The molecule has 1 saturated heterocycles. The molecule has 20 heavy (non-hydrogen) atoms. The topological polar surface area (TPSA) is 38.8 Å². The summed E-state index contributed by atoms with van der Waals surface area (Å²) in [5.74, 6) is -0.177. The number of nitrogens with zero attached hydrogens (tertiary/aromatic N) is 1. The molecular weight excluding hydrogens is 292 g/mol. The van der Waals surface area contributed by atoms with E-state index in [2.05, 4.69) is 4.74 Å². The summed E-state index contributed by atoms with van der Waals surface area (Å²) in [6, 6.07) is 5.74. The summed E-state index contributed by atoms with van der Waals surface area (Å²) < 4.78 is 33.5. The predicted octanol–water partition coefficient (Wildman–Crippen LogP) is 2.43. The van der Waals surface area contributed by atoms with Gasteiger partial charge in [-0.1, -0.05) is 12.1 Å². The van der Waals surface area contributed by atoms with Crippen LogP contribution >= 0.6 is 11.6 Å². The van der Waals surface area contributed by atoms with Crippen LogP contribution in [-0.4, -0.2) is 43.7 Å². The first-order chi connectivity index (χ1) is 9.58. The Hall–Kier alpha value is -1.40. The number of halogens is 3. The van der Waals surface area contributed by atoms with Gasteiger partial charge >= 0.3 is 6.61 Å². The van der Waals surface area contributed by atoms with Crippen LogP contribution in [0.15, 0.2) is 24.3 Å². The van der Waals surface area contributed by atoms with Gasteiger partial charge in [0.05, 0.1) is 13.2 Å². The number of carbonyl (C=O) groups excluding carboxylic acids is 1. The van der Waals surface area contributed by atoms with Crippen LogP contribution in [0.2, 0.25) is 0 Å². The molecule has 4 nitrogen and oxygen atoms in total. The molecule has 2 rings (SSSR count). The summed E-state index contributed by atoms with van der Waals surface area (Å²) >= 11 is 6.13. The largest absolute Gasteiger partial charge is 0.435 e. The minimum Gasteiger partial charge on any atom is -0.435 e. The second kappa shape index (κ2) is 6.85. The summed E-state index contributed by atoms with van der Waals surface area (Å²) in [6.45, 7) is -0.862. The Labute approximate surface area is 120 Å². The van der Waals surface area contributed by atoms with E-state index in [-0.39, 0.29) is 11.7 Å². The number of rotatable bonds is 4. The molecule has 1 fully saturated rings. The van der Waals surface area contributed by atoms with Crippen LogP contribution in [-0.2, 0) is 9.53 Å². The highest BCUT2D eigenvalue weighted by molar-refractivity contribution is 6.30. The average molecular weight is 306 g/mol. The lowest BCUT2D eigenvalue weighted by Crippen LogP contribution is -2.42. The lowest BCUT2D eigenvalue weighted by atomic mass is 10.1. The molecule has 0 bridgehead atoms. The molecular formula is C13H14ClF2NO3. The number of carbonyl (C=O) groups is 1. The van der Waals surface area contributed by atoms with Crippen LogP contribution in [0.5, 0.6) is 5.75 Å². The van der Waals surface area contributed by atoms with Crippen molar-refractivity contribution in [2.45, 2.75) is 12.0 Å². The molecule has 0 spiro atoms. The summed E-state index contributed by atoms with van der Waals surface area (Å²) in [7, 11) is 0. The zero-order valence-electron chi connectivity index (χ0n) is 10.6. The van der Waals surface area contributed by atoms with Gasteiger partial charge in [0.1, 0.15) is 11.1 Å². The summed E-state index contributed by atoms with van der Waals surface area (Å²) in [5, 5.41) is -0.839. The summed E-state index contributed by atoms with van der Waals surface area (Å²) in [6.07, 6.45) is 0. The Morgan fingerprint density at radius 1 is 1.25 bits per heavy atom. The molecule has 0 N–H and O–H groups in total. The number of morpholine rings is 1. The van der Waals surface area contributed by atoms with Crippen molar-refractivity contribution >= 4 is 17.5 Å². The van der Waals surface area contributed by atoms with Crippen molar-refractivity contribution < 1.29 is 23.0 Å². The zero-order chi connectivity index (χ0) is 14.5. The van der Waals surface area contributed by atoms with Crippen LogP contribution in [0.3, 0.4) is 0 Å². The van der Waals surface area contributed by atoms with E-state index in [9.17, 15) is 13.6 Å². The molecule has 0 aliphatic carbocycles. The van der Waals surface area contributed by atoms with Crippen molar-refractivity contribution in [3.05, 3.63) is 29.8 Å². The predicted molar refractivity (Wildman–Crippen MR) is 69.1 cm³/mol. The molecule has 0 aromatic heterocycles. The van der Waals surface area contributed by atoms with E-state index in [0.29, 0.717) is 31.9 Å². The first-order valence-electron chi connectivity index (χ1n) is 6.13. The Bertz CT molecular complexity index is 449. The standard InChI is InChI=1S/C13H14ClF2NO3/c14-11(12(18)17-5-7-19-8-6-17)9-1-3-10(4-2-9)20-13(15)16/h1-4,11,13H,5-8H2. The number of amides is 1. The molecule has 1 aliphatic rings. The van der Waals surface area contributed by atoms with Gasteiger partial charge in [-0.25, -0.2) is 0 Å². The maximum atomic E-state index is 12.1. The molecule has 1 aromatic carbocycles. The van der Waals surface area contributed by atoms with E-state index in [0.717, 1.165) is 0 Å². The Morgan fingerprint density at radius 2 is 1.85 bits per heavy atom. The van der Waals surface area contributed by atoms with Gasteiger partial charge in [-0.2, -0.15) is 8.78 Å². The lowest BCUT2D eigenvalue weighted by Gasteiger charge is -2.28. The SMILES string of the molecule is O=C(C(Cl)c1ccc(OC(F)F)cc1)N1CCOCC1. The fourth-order valence-corrected chi connectivity index (χ4v) is 2.19. The summed E-state index contributed by atoms with van der Waals surface area (Å²) in [4.78, 5) is 13.8. The molecule has 1 unspecified atom stereocenters. The van der Waals surface area contributed by atoms with Gasteiger partial charge in [0.15, 0.2) is 0 Å². The van der Waals surface area contributed by atoms with E-state index in [1.807, 2.05) is 0 Å². The smallest absolute Gasteiger partial charge is 0.387 e. The van der Waals surface area contributed by atoms with Crippen LogP contribution < -0.4 is 4.74 Å². The van der Waals surface area contributed by atoms with Crippen LogP contribution in [0.4, 0.5) is 8.78 Å². The molecule has 1 amide bonds. The molecule has 1 aliphatic heterocycles. The van der Waals surface area contributed by atoms with Gasteiger partial charge in [0.2, 0.25) is 5.91 Å². The van der Waals surface area contributed by atoms with Gasteiger partial charge in [0.25, 0.3) is 0 Å². The van der Waals surface area contributed by atoms with Crippen molar-refractivity contribution in [3.8, 4) is 5.75 Å². The van der Waals surface area contributed by atoms with Crippen molar-refractivity contribution in [3.63, 3.8) is 0 Å². The van der Waals surface area contributed by atoms with Crippen molar-refractivity contribution in [2.24, 2.45) is 0 Å². The Balaban J connectivity index is 2.00.